The van der Waals surface area contributed by atoms with Crippen molar-refractivity contribution in [2.75, 3.05) is 13.1 Å². The number of hydrogen-bond acceptors (Lipinski definition) is 2. The van der Waals surface area contributed by atoms with E-state index in [0.717, 1.165) is 30.6 Å². The smallest absolute Gasteiger partial charge is 0.251 e. The fraction of sp³-hybridized carbons (Fsp3) is 0.500. The Morgan fingerprint density at radius 1 is 1.44 bits per heavy atom. The lowest BCUT2D eigenvalue weighted by atomic mass is 9.95. The van der Waals surface area contributed by atoms with Gasteiger partial charge in [0.1, 0.15) is 0 Å². The minimum absolute atomic E-state index is 0. The number of carbonyl (C=O) groups is 1. The maximum Gasteiger partial charge on any atom is 0.251 e. The highest BCUT2D eigenvalue weighted by atomic mass is 35.5. The van der Waals surface area contributed by atoms with Gasteiger partial charge in [-0.05, 0) is 44.5 Å². The van der Waals surface area contributed by atoms with Gasteiger partial charge in [0.15, 0.2) is 0 Å². The number of amides is 1. The molecule has 1 aromatic rings. The highest BCUT2D eigenvalue weighted by Crippen LogP contribution is 2.12. The van der Waals surface area contributed by atoms with Crippen LogP contribution < -0.4 is 10.6 Å². The molecule has 0 aliphatic carbocycles. The number of halogens is 1. The molecule has 4 heteroatoms. The average molecular weight is 269 g/mol. The Labute approximate surface area is 115 Å². The van der Waals surface area contributed by atoms with Crippen molar-refractivity contribution in [1.29, 1.82) is 0 Å². The van der Waals surface area contributed by atoms with E-state index in [1.165, 1.54) is 0 Å². The van der Waals surface area contributed by atoms with E-state index < -0.39 is 0 Å². The van der Waals surface area contributed by atoms with E-state index in [2.05, 4.69) is 17.6 Å². The van der Waals surface area contributed by atoms with Crippen LogP contribution in [-0.4, -0.2) is 25.0 Å². The molecule has 0 spiro atoms. The molecule has 0 aromatic heterocycles. The third kappa shape index (κ3) is 3.72. The van der Waals surface area contributed by atoms with Crippen molar-refractivity contribution in [3.8, 4) is 0 Å². The van der Waals surface area contributed by atoms with Gasteiger partial charge in [-0.25, -0.2) is 0 Å². The molecule has 3 nitrogen and oxygen atoms in total. The van der Waals surface area contributed by atoms with E-state index in [9.17, 15) is 4.79 Å². The number of aryl methyl sites for hydroxylation is 1. The van der Waals surface area contributed by atoms with E-state index in [-0.39, 0.29) is 18.3 Å². The molecule has 1 amide bonds. The van der Waals surface area contributed by atoms with Gasteiger partial charge in [-0.1, -0.05) is 24.6 Å². The average Bonchev–Trinajstić information content (AvgIpc) is 2.32. The van der Waals surface area contributed by atoms with Crippen LogP contribution in [0.3, 0.4) is 0 Å². The largest absolute Gasteiger partial charge is 0.349 e. The van der Waals surface area contributed by atoms with Crippen molar-refractivity contribution in [1.82, 2.24) is 10.6 Å². The minimum Gasteiger partial charge on any atom is -0.349 e. The summed E-state index contributed by atoms with van der Waals surface area (Å²) in [7, 11) is 0. The van der Waals surface area contributed by atoms with Crippen LogP contribution in [0.5, 0.6) is 0 Å². The molecule has 1 aliphatic heterocycles. The summed E-state index contributed by atoms with van der Waals surface area (Å²) < 4.78 is 0. The van der Waals surface area contributed by atoms with Crippen molar-refractivity contribution in [3.05, 3.63) is 35.4 Å². The zero-order chi connectivity index (χ0) is 12.3. The van der Waals surface area contributed by atoms with Crippen LogP contribution in [0.2, 0.25) is 0 Å². The van der Waals surface area contributed by atoms with Gasteiger partial charge < -0.3 is 10.6 Å². The second-order valence-corrected chi connectivity index (χ2v) is 4.92. The molecule has 1 fully saturated rings. The zero-order valence-electron chi connectivity index (χ0n) is 10.9. The topological polar surface area (TPSA) is 41.1 Å². The van der Waals surface area contributed by atoms with E-state index in [0.29, 0.717) is 12.0 Å². The maximum atomic E-state index is 12.1. The monoisotopic (exact) mass is 268 g/mol. The molecule has 2 rings (SSSR count). The van der Waals surface area contributed by atoms with Gasteiger partial charge in [0.25, 0.3) is 5.91 Å². The molecular formula is C14H21ClN2O. The normalized spacial score (nSPS) is 23.0. The molecule has 1 heterocycles. The number of hydrogen-bond donors (Lipinski definition) is 2. The first-order valence-electron chi connectivity index (χ1n) is 6.25. The number of nitrogens with one attached hydrogen (secondary N) is 2. The third-order valence-corrected chi connectivity index (χ3v) is 3.38. The molecule has 2 atom stereocenters. The summed E-state index contributed by atoms with van der Waals surface area (Å²) in [5.41, 5.74) is 1.88. The predicted octanol–water partition coefficient (Wildman–Crippen LogP) is 2.14. The first-order chi connectivity index (χ1) is 8.16. The Morgan fingerprint density at radius 2 is 2.22 bits per heavy atom. The summed E-state index contributed by atoms with van der Waals surface area (Å²) in [6.45, 7) is 6.15. The SMILES string of the molecule is Cc1cccc(C(=O)NC2CCNCC2C)c1.Cl. The van der Waals surface area contributed by atoms with Gasteiger partial charge in [0.2, 0.25) is 0 Å². The fourth-order valence-electron chi connectivity index (χ4n) is 2.27. The van der Waals surface area contributed by atoms with Gasteiger partial charge in [-0.15, -0.1) is 12.4 Å². The standard InChI is InChI=1S/C14H20N2O.ClH/c1-10-4-3-5-12(8-10)14(17)16-13-6-7-15-9-11(13)2;/h3-5,8,11,13,15H,6-7,9H2,1-2H3,(H,16,17);1H. The number of piperidine rings is 1. The van der Waals surface area contributed by atoms with Gasteiger partial charge in [0.05, 0.1) is 0 Å². The Bertz CT molecular complexity index is 409. The van der Waals surface area contributed by atoms with Crippen molar-refractivity contribution in [2.45, 2.75) is 26.3 Å². The van der Waals surface area contributed by atoms with Crippen LogP contribution in [0, 0.1) is 12.8 Å². The Hall–Kier alpha value is -1.06. The molecule has 2 unspecified atom stereocenters. The summed E-state index contributed by atoms with van der Waals surface area (Å²) in [6, 6.07) is 8.03. The third-order valence-electron chi connectivity index (χ3n) is 3.38. The van der Waals surface area contributed by atoms with Gasteiger partial charge >= 0.3 is 0 Å². The lowest BCUT2D eigenvalue weighted by molar-refractivity contribution is 0.0914. The predicted molar refractivity (Wildman–Crippen MR) is 76.3 cm³/mol. The molecule has 1 saturated heterocycles. The van der Waals surface area contributed by atoms with Gasteiger partial charge in [0, 0.05) is 11.6 Å². The minimum atomic E-state index is 0. The van der Waals surface area contributed by atoms with Crippen molar-refractivity contribution < 1.29 is 4.79 Å². The molecule has 18 heavy (non-hydrogen) atoms. The summed E-state index contributed by atoms with van der Waals surface area (Å²) in [5, 5.41) is 6.47. The van der Waals surface area contributed by atoms with Crippen LogP contribution in [-0.2, 0) is 0 Å². The Balaban J connectivity index is 0.00000162. The molecule has 2 N–H and O–H groups in total. The van der Waals surface area contributed by atoms with E-state index in [1.54, 1.807) is 0 Å². The summed E-state index contributed by atoms with van der Waals surface area (Å²) in [4.78, 5) is 12.1. The van der Waals surface area contributed by atoms with Gasteiger partial charge in [-0.2, -0.15) is 0 Å². The molecular weight excluding hydrogens is 248 g/mol. The molecule has 0 bridgehead atoms. The van der Waals surface area contributed by atoms with Crippen molar-refractivity contribution in [2.24, 2.45) is 5.92 Å². The molecule has 0 saturated carbocycles. The van der Waals surface area contributed by atoms with E-state index >= 15 is 0 Å². The Morgan fingerprint density at radius 3 is 2.89 bits per heavy atom. The van der Waals surface area contributed by atoms with Crippen molar-refractivity contribution in [3.63, 3.8) is 0 Å². The van der Waals surface area contributed by atoms with Crippen LogP contribution in [0.15, 0.2) is 24.3 Å². The lowest BCUT2D eigenvalue weighted by Crippen LogP contribution is -2.48. The summed E-state index contributed by atoms with van der Waals surface area (Å²) in [5.74, 6) is 0.546. The van der Waals surface area contributed by atoms with E-state index in [4.69, 9.17) is 0 Å². The Kier molecular flexibility index (Phi) is 5.63. The summed E-state index contributed by atoms with van der Waals surface area (Å²) >= 11 is 0. The van der Waals surface area contributed by atoms with Crippen LogP contribution in [0.4, 0.5) is 0 Å². The summed E-state index contributed by atoms with van der Waals surface area (Å²) in [6.07, 6.45) is 1.01. The molecule has 1 aromatic carbocycles. The van der Waals surface area contributed by atoms with Crippen LogP contribution in [0.25, 0.3) is 0 Å². The molecule has 100 valence electrons. The lowest BCUT2D eigenvalue weighted by Gasteiger charge is -2.30. The second kappa shape index (κ2) is 6.76. The zero-order valence-corrected chi connectivity index (χ0v) is 11.7. The first-order valence-corrected chi connectivity index (χ1v) is 6.25. The van der Waals surface area contributed by atoms with E-state index in [1.807, 2.05) is 31.2 Å². The fourth-order valence-corrected chi connectivity index (χ4v) is 2.27. The highest BCUT2D eigenvalue weighted by Gasteiger charge is 2.22. The molecule has 0 radical (unpaired) electrons. The van der Waals surface area contributed by atoms with Crippen LogP contribution in [0.1, 0.15) is 29.3 Å². The number of benzene rings is 1. The second-order valence-electron chi connectivity index (χ2n) is 4.92. The molecule has 1 aliphatic rings. The maximum absolute atomic E-state index is 12.1. The highest BCUT2D eigenvalue weighted by molar-refractivity contribution is 5.94. The quantitative estimate of drug-likeness (QED) is 0.863. The number of carbonyl (C=O) groups excluding carboxylic acids is 1. The number of rotatable bonds is 2. The van der Waals surface area contributed by atoms with Crippen LogP contribution >= 0.6 is 12.4 Å². The van der Waals surface area contributed by atoms with Gasteiger partial charge in [-0.3, -0.25) is 4.79 Å². The first kappa shape index (κ1) is 15.0. The van der Waals surface area contributed by atoms with Crippen molar-refractivity contribution >= 4 is 18.3 Å².